The summed E-state index contributed by atoms with van der Waals surface area (Å²) in [5, 5.41) is 2.54. The maximum Gasteiger partial charge on any atom is 0.222 e. The Balaban J connectivity index is 3.13. The molecule has 0 aliphatic rings. The Labute approximate surface area is 98.7 Å². The average Bonchev–Trinajstić information content (AvgIpc) is 2.20. The van der Waals surface area contributed by atoms with E-state index in [1.807, 2.05) is 0 Å². The van der Waals surface area contributed by atoms with E-state index in [2.05, 4.69) is 26.1 Å². The lowest BCUT2D eigenvalue weighted by atomic mass is 9.93. The van der Waals surface area contributed by atoms with E-state index in [-0.39, 0.29) is 5.91 Å². The van der Waals surface area contributed by atoms with Gasteiger partial charge in [-0.15, -0.1) is 0 Å². The molecule has 4 heteroatoms. The molecule has 16 heavy (non-hydrogen) atoms. The van der Waals surface area contributed by atoms with Crippen LogP contribution in [-0.2, 0) is 14.3 Å². The zero-order valence-electron chi connectivity index (χ0n) is 11.0. The van der Waals surface area contributed by atoms with Gasteiger partial charge in [-0.3, -0.25) is 4.79 Å². The maximum atomic E-state index is 10.8. The molecule has 4 nitrogen and oxygen atoms in total. The van der Waals surface area contributed by atoms with Crippen molar-refractivity contribution in [2.75, 3.05) is 33.5 Å². The molecular formula is C12H25NO3. The van der Waals surface area contributed by atoms with E-state index < -0.39 is 0 Å². The molecule has 0 aromatic rings. The summed E-state index contributed by atoms with van der Waals surface area (Å²) in [4.78, 5) is 10.8. The molecule has 0 aliphatic carbocycles. The first-order valence-corrected chi connectivity index (χ1v) is 5.82. The van der Waals surface area contributed by atoms with Crippen molar-refractivity contribution in [1.82, 2.24) is 5.32 Å². The van der Waals surface area contributed by atoms with Crippen molar-refractivity contribution in [2.45, 2.75) is 33.6 Å². The first kappa shape index (κ1) is 15.4. The Bertz CT molecular complexity index is 187. The lowest BCUT2D eigenvalue weighted by molar-refractivity contribution is -0.121. The van der Waals surface area contributed by atoms with E-state index in [1.165, 1.54) is 0 Å². The Kier molecular flexibility index (Phi) is 8.21. The highest BCUT2D eigenvalue weighted by Crippen LogP contribution is 2.17. The molecule has 0 saturated heterocycles. The third-order valence-electron chi connectivity index (χ3n) is 2.12. The van der Waals surface area contributed by atoms with E-state index in [0.717, 1.165) is 13.0 Å². The second kappa shape index (κ2) is 8.53. The van der Waals surface area contributed by atoms with Crippen LogP contribution >= 0.6 is 0 Å². The SMILES string of the molecule is CNC(=O)CCOCCOCCC(C)(C)C. The topological polar surface area (TPSA) is 47.6 Å². The molecule has 0 aromatic heterocycles. The highest BCUT2D eigenvalue weighted by molar-refractivity contribution is 5.75. The standard InChI is InChI=1S/C12H25NO3/c1-12(2,3)6-8-16-10-9-15-7-5-11(14)13-4/h5-10H2,1-4H3,(H,13,14). The highest BCUT2D eigenvalue weighted by atomic mass is 16.5. The van der Waals surface area contributed by atoms with Crippen molar-refractivity contribution < 1.29 is 14.3 Å². The Morgan fingerprint density at radius 3 is 2.12 bits per heavy atom. The maximum absolute atomic E-state index is 10.8. The van der Waals surface area contributed by atoms with E-state index in [1.54, 1.807) is 7.05 Å². The third-order valence-corrected chi connectivity index (χ3v) is 2.12. The summed E-state index contributed by atoms with van der Waals surface area (Å²) in [5.41, 5.74) is 0.320. The highest BCUT2D eigenvalue weighted by Gasteiger charge is 2.08. The molecule has 0 rings (SSSR count). The fourth-order valence-corrected chi connectivity index (χ4v) is 0.990. The van der Waals surface area contributed by atoms with Gasteiger partial charge in [0, 0.05) is 20.1 Å². The second-order valence-electron chi connectivity index (χ2n) is 4.96. The van der Waals surface area contributed by atoms with Crippen LogP contribution in [0.5, 0.6) is 0 Å². The van der Waals surface area contributed by atoms with Gasteiger partial charge in [-0.05, 0) is 11.8 Å². The molecule has 1 amide bonds. The van der Waals surface area contributed by atoms with Gasteiger partial charge in [0.25, 0.3) is 0 Å². The number of hydrogen-bond acceptors (Lipinski definition) is 3. The Morgan fingerprint density at radius 1 is 1.06 bits per heavy atom. The summed E-state index contributed by atoms with van der Waals surface area (Å²) in [6.07, 6.45) is 1.46. The zero-order valence-corrected chi connectivity index (χ0v) is 11.0. The summed E-state index contributed by atoms with van der Waals surface area (Å²) in [5.74, 6) is 0.00801. The monoisotopic (exact) mass is 231 g/mol. The van der Waals surface area contributed by atoms with Gasteiger partial charge in [-0.25, -0.2) is 0 Å². The average molecular weight is 231 g/mol. The van der Waals surface area contributed by atoms with E-state index in [4.69, 9.17) is 9.47 Å². The van der Waals surface area contributed by atoms with Gasteiger partial charge in [-0.1, -0.05) is 20.8 Å². The smallest absolute Gasteiger partial charge is 0.222 e. The van der Waals surface area contributed by atoms with Gasteiger partial charge in [-0.2, -0.15) is 0 Å². The third kappa shape index (κ3) is 11.5. The normalized spacial score (nSPS) is 11.5. The molecule has 0 bridgehead atoms. The molecule has 0 fully saturated rings. The van der Waals surface area contributed by atoms with E-state index in [9.17, 15) is 4.79 Å². The molecule has 0 radical (unpaired) electrons. The number of rotatable bonds is 8. The number of carbonyl (C=O) groups excluding carboxylic acids is 1. The van der Waals surface area contributed by atoms with Crippen LogP contribution in [0.15, 0.2) is 0 Å². The van der Waals surface area contributed by atoms with Gasteiger partial charge in [0.2, 0.25) is 5.91 Å². The van der Waals surface area contributed by atoms with Gasteiger partial charge in [0.05, 0.1) is 19.8 Å². The molecule has 0 aliphatic heterocycles. The van der Waals surface area contributed by atoms with Gasteiger partial charge in [0.1, 0.15) is 0 Å². The van der Waals surface area contributed by atoms with Crippen LogP contribution in [-0.4, -0.2) is 39.4 Å². The minimum atomic E-state index is 0.00801. The molecule has 0 saturated carbocycles. The number of amides is 1. The van der Waals surface area contributed by atoms with Crippen LogP contribution in [0.4, 0.5) is 0 Å². The molecule has 0 aromatic carbocycles. The number of nitrogens with one attached hydrogen (secondary N) is 1. The summed E-state index contributed by atoms with van der Waals surface area (Å²) < 4.78 is 10.7. The van der Waals surface area contributed by atoms with Gasteiger partial charge >= 0.3 is 0 Å². The minimum absolute atomic E-state index is 0.00801. The predicted octanol–water partition coefficient (Wildman–Crippen LogP) is 1.59. The number of hydrogen-bond donors (Lipinski definition) is 1. The van der Waals surface area contributed by atoms with Crippen LogP contribution in [0.25, 0.3) is 0 Å². The van der Waals surface area contributed by atoms with Crippen molar-refractivity contribution in [1.29, 1.82) is 0 Å². The van der Waals surface area contributed by atoms with Crippen LogP contribution in [0.1, 0.15) is 33.6 Å². The summed E-state index contributed by atoms with van der Waals surface area (Å²) in [7, 11) is 1.62. The largest absolute Gasteiger partial charge is 0.379 e. The fourth-order valence-electron chi connectivity index (χ4n) is 0.990. The first-order chi connectivity index (χ1) is 7.45. The zero-order chi connectivity index (χ0) is 12.4. The first-order valence-electron chi connectivity index (χ1n) is 5.82. The molecule has 96 valence electrons. The number of ether oxygens (including phenoxy) is 2. The fraction of sp³-hybridized carbons (Fsp3) is 0.917. The van der Waals surface area contributed by atoms with Crippen molar-refractivity contribution in [2.24, 2.45) is 5.41 Å². The summed E-state index contributed by atoms with van der Waals surface area (Å²) in [6, 6.07) is 0. The quantitative estimate of drug-likeness (QED) is 0.645. The molecule has 0 unspecified atom stereocenters. The number of carbonyl (C=O) groups is 1. The molecule has 0 spiro atoms. The second-order valence-corrected chi connectivity index (χ2v) is 4.96. The van der Waals surface area contributed by atoms with Crippen molar-refractivity contribution in [3.63, 3.8) is 0 Å². The summed E-state index contributed by atoms with van der Waals surface area (Å²) in [6.45, 7) is 8.96. The predicted molar refractivity (Wildman–Crippen MR) is 64.4 cm³/mol. The lowest BCUT2D eigenvalue weighted by Gasteiger charge is -2.17. The lowest BCUT2D eigenvalue weighted by Crippen LogP contribution is -2.20. The van der Waals surface area contributed by atoms with E-state index >= 15 is 0 Å². The minimum Gasteiger partial charge on any atom is -0.379 e. The molecule has 1 N–H and O–H groups in total. The van der Waals surface area contributed by atoms with Gasteiger partial charge in [0.15, 0.2) is 0 Å². The van der Waals surface area contributed by atoms with Gasteiger partial charge < -0.3 is 14.8 Å². The Hall–Kier alpha value is -0.610. The molecule has 0 atom stereocenters. The molecule has 0 heterocycles. The van der Waals surface area contributed by atoms with Crippen molar-refractivity contribution in [3.8, 4) is 0 Å². The van der Waals surface area contributed by atoms with E-state index in [0.29, 0.717) is 31.7 Å². The Morgan fingerprint density at radius 2 is 1.62 bits per heavy atom. The van der Waals surface area contributed by atoms with Crippen LogP contribution in [0.2, 0.25) is 0 Å². The van der Waals surface area contributed by atoms with Crippen LogP contribution in [0, 0.1) is 5.41 Å². The summed E-state index contributed by atoms with van der Waals surface area (Å²) >= 11 is 0. The van der Waals surface area contributed by atoms with Crippen LogP contribution in [0.3, 0.4) is 0 Å². The van der Waals surface area contributed by atoms with Crippen molar-refractivity contribution in [3.05, 3.63) is 0 Å². The van der Waals surface area contributed by atoms with Crippen molar-refractivity contribution >= 4 is 5.91 Å². The molecular weight excluding hydrogens is 206 g/mol. The van der Waals surface area contributed by atoms with Crippen LogP contribution < -0.4 is 5.32 Å².